The summed E-state index contributed by atoms with van der Waals surface area (Å²) in [4.78, 5) is 12.0. The summed E-state index contributed by atoms with van der Waals surface area (Å²) < 4.78 is 10.7. The number of methoxy groups -OCH3 is 2. The number of nitrogens with one attached hydrogen (secondary N) is 1. The van der Waals surface area contributed by atoms with Gasteiger partial charge in [-0.1, -0.05) is 20.8 Å². The molecule has 4 nitrogen and oxygen atoms in total. The van der Waals surface area contributed by atoms with Crippen LogP contribution in [-0.4, -0.2) is 30.6 Å². The molecule has 0 unspecified atom stereocenters. The van der Waals surface area contributed by atoms with Crippen LogP contribution in [-0.2, 0) is 4.79 Å². The standard InChI is InChI=1S/C16H25NO3S/c1-11(17-15(18)10-21-16(2,3)4)13-9-12(19-5)7-8-14(13)20-6/h7-9,11H,10H2,1-6H3,(H,17,18)/t11-/m0/s1. The number of carbonyl (C=O) groups is 1. The quantitative estimate of drug-likeness (QED) is 0.874. The van der Waals surface area contributed by atoms with E-state index in [9.17, 15) is 4.79 Å². The van der Waals surface area contributed by atoms with Crippen LogP contribution in [0.5, 0.6) is 11.5 Å². The van der Waals surface area contributed by atoms with Crippen LogP contribution in [0.4, 0.5) is 0 Å². The van der Waals surface area contributed by atoms with Gasteiger partial charge in [0.1, 0.15) is 11.5 Å². The van der Waals surface area contributed by atoms with Gasteiger partial charge in [0.05, 0.1) is 26.0 Å². The molecule has 1 aromatic carbocycles. The molecule has 5 heteroatoms. The first kappa shape index (κ1) is 17.7. The van der Waals surface area contributed by atoms with Crippen molar-refractivity contribution >= 4 is 17.7 Å². The lowest BCUT2D eigenvalue weighted by Crippen LogP contribution is -2.29. The molecule has 21 heavy (non-hydrogen) atoms. The summed E-state index contributed by atoms with van der Waals surface area (Å²) in [6.07, 6.45) is 0. The van der Waals surface area contributed by atoms with E-state index in [0.717, 1.165) is 17.1 Å². The Kier molecular flexibility index (Phi) is 6.40. The third-order valence-corrected chi connectivity index (χ3v) is 4.19. The zero-order chi connectivity index (χ0) is 16.0. The van der Waals surface area contributed by atoms with Gasteiger partial charge in [-0.3, -0.25) is 4.79 Å². The van der Waals surface area contributed by atoms with Crippen molar-refractivity contribution < 1.29 is 14.3 Å². The molecule has 1 N–H and O–H groups in total. The Morgan fingerprint density at radius 1 is 1.29 bits per heavy atom. The van der Waals surface area contributed by atoms with Crippen LogP contribution in [0.25, 0.3) is 0 Å². The molecule has 0 aliphatic carbocycles. The van der Waals surface area contributed by atoms with Crippen LogP contribution >= 0.6 is 11.8 Å². The van der Waals surface area contributed by atoms with E-state index in [2.05, 4.69) is 26.1 Å². The molecule has 1 rings (SSSR count). The topological polar surface area (TPSA) is 47.6 Å². The lowest BCUT2D eigenvalue weighted by molar-refractivity contribution is -0.119. The molecule has 0 aliphatic rings. The van der Waals surface area contributed by atoms with Gasteiger partial charge in [0.15, 0.2) is 0 Å². The normalized spacial score (nSPS) is 12.7. The third kappa shape index (κ3) is 5.87. The van der Waals surface area contributed by atoms with E-state index in [1.54, 1.807) is 26.0 Å². The fourth-order valence-electron chi connectivity index (χ4n) is 1.82. The Balaban J connectivity index is 2.74. The minimum atomic E-state index is -0.136. The van der Waals surface area contributed by atoms with Crippen LogP contribution in [0, 0.1) is 0 Å². The monoisotopic (exact) mass is 311 g/mol. The number of carbonyl (C=O) groups excluding carboxylic acids is 1. The van der Waals surface area contributed by atoms with Crippen LogP contribution in [0.2, 0.25) is 0 Å². The van der Waals surface area contributed by atoms with Gasteiger partial charge in [0.2, 0.25) is 5.91 Å². The molecule has 0 heterocycles. The van der Waals surface area contributed by atoms with Crippen LogP contribution in [0.3, 0.4) is 0 Å². The zero-order valence-electron chi connectivity index (χ0n) is 13.6. The van der Waals surface area contributed by atoms with E-state index in [1.807, 2.05) is 25.1 Å². The van der Waals surface area contributed by atoms with Gasteiger partial charge in [-0.25, -0.2) is 0 Å². The summed E-state index contributed by atoms with van der Waals surface area (Å²) >= 11 is 1.63. The van der Waals surface area contributed by atoms with E-state index >= 15 is 0 Å². The minimum Gasteiger partial charge on any atom is -0.497 e. The molecule has 0 spiro atoms. The first-order chi connectivity index (χ1) is 9.76. The van der Waals surface area contributed by atoms with Crippen molar-refractivity contribution in [3.8, 4) is 11.5 Å². The van der Waals surface area contributed by atoms with E-state index in [4.69, 9.17) is 9.47 Å². The predicted molar refractivity (Wildman–Crippen MR) is 88.3 cm³/mol. The Morgan fingerprint density at radius 3 is 2.48 bits per heavy atom. The molecule has 0 aromatic heterocycles. The lowest BCUT2D eigenvalue weighted by Gasteiger charge is -2.20. The van der Waals surface area contributed by atoms with Crippen molar-refractivity contribution in [3.05, 3.63) is 23.8 Å². The average molecular weight is 311 g/mol. The summed E-state index contributed by atoms with van der Waals surface area (Å²) in [5.74, 6) is 1.95. The second kappa shape index (κ2) is 7.59. The molecule has 1 amide bonds. The van der Waals surface area contributed by atoms with Gasteiger partial charge in [-0.15, -0.1) is 11.8 Å². The van der Waals surface area contributed by atoms with Crippen molar-refractivity contribution in [2.45, 2.75) is 38.5 Å². The molecular weight excluding hydrogens is 286 g/mol. The number of rotatable bonds is 6. The molecule has 1 atom stereocenters. The number of benzene rings is 1. The minimum absolute atomic E-state index is 0.0206. The van der Waals surface area contributed by atoms with Gasteiger partial charge in [-0.05, 0) is 25.1 Å². The molecule has 0 bridgehead atoms. The van der Waals surface area contributed by atoms with Crippen LogP contribution < -0.4 is 14.8 Å². The summed E-state index contributed by atoms with van der Waals surface area (Å²) in [6.45, 7) is 8.23. The fraction of sp³-hybridized carbons (Fsp3) is 0.562. The van der Waals surface area contributed by atoms with E-state index in [0.29, 0.717) is 5.75 Å². The second-order valence-electron chi connectivity index (χ2n) is 5.80. The van der Waals surface area contributed by atoms with Crippen LogP contribution in [0.1, 0.15) is 39.3 Å². The molecule has 0 fully saturated rings. The maximum atomic E-state index is 12.0. The number of hydrogen-bond donors (Lipinski definition) is 1. The molecule has 0 radical (unpaired) electrons. The van der Waals surface area contributed by atoms with Crippen molar-refractivity contribution in [2.75, 3.05) is 20.0 Å². The smallest absolute Gasteiger partial charge is 0.230 e. The summed E-state index contributed by atoms with van der Waals surface area (Å²) in [5, 5.41) is 3.00. The largest absolute Gasteiger partial charge is 0.497 e. The Labute approximate surface area is 131 Å². The lowest BCUT2D eigenvalue weighted by atomic mass is 10.1. The number of thioether (sulfide) groups is 1. The van der Waals surface area contributed by atoms with Gasteiger partial charge in [0.25, 0.3) is 0 Å². The molecule has 1 aromatic rings. The fourth-order valence-corrected chi connectivity index (χ4v) is 2.47. The van der Waals surface area contributed by atoms with Crippen molar-refractivity contribution in [3.63, 3.8) is 0 Å². The first-order valence-electron chi connectivity index (χ1n) is 6.92. The van der Waals surface area contributed by atoms with E-state index in [-0.39, 0.29) is 16.7 Å². The number of amides is 1. The highest BCUT2D eigenvalue weighted by molar-refractivity contribution is 8.01. The number of ether oxygens (including phenoxy) is 2. The van der Waals surface area contributed by atoms with Gasteiger partial charge in [-0.2, -0.15) is 0 Å². The second-order valence-corrected chi connectivity index (χ2v) is 7.60. The maximum Gasteiger partial charge on any atom is 0.230 e. The molecule has 0 aliphatic heterocycles. The average Bonchev–Trinajstić information content (AvgIpc) is 2.43. The maximum absolute atomic E-state index is 12.0. The van der Waals surface area contributed by atoms with Crippen molar-refractivity contribution in [1.82, 2.24) is 5.32 Å². The molecule has 0 saturated carbocycles. The Morgan fingerprint density at radius 2 is 1.95 bits per heavy atom. The SMILES string of the molecule is COc1ccc(OC)c([C@H](C)NC(=O)CSC(C)(C)C)c1. The summed E-state index contributed by atoms with van der Waals surface area (Å²) in [7, 11) is 3.24. The van der Waals surface area contributed by atoms with Crippen molar-refractivity contribution in [2.24, 2.45) is 0 Å². The highest BCUT2D eigenvalue weighted by atomic mass is 32.2. The summed E-state index contributed by atoms with van der Waals surface area (Å²) in [5.41, 5.74) is 0.908. The molecule has 0 saturated heterocycles. The van der Waals surface area contributed by atoms with Crippen molar-refractivity contribution in [1.29, 1.82) is 0 Å². The van der Waals surface area contributed by atoms with E-state index < -0.39 is 0 Å². The number of hydrogen-bond acceptors (Lipinski definition) is 4. The highest BCUT2D eigenvalue weighted by Crippen LogP contribution is 2.29. The van der Waals surface area contributed by atoms with E-state index in [1.165, 1.54) is 0 Å². The van der Waals surface area contributed by atoms with Crippen LogP contribution in [0.15, 0.2) is 18.2 Å². The first-order valence-corrected chi connectivity index (χ1v) is 7.90. The Bertz CT molecular complexity index is 483. The zero-order valence-corrected chi connectivity index (χ0v) is 14.5. The predicted octanol–water partition coefficient (Wildman–Crippen LogP) is 3.41. The third-order valence-electron chi connectivity index (χ3n) is 2.92. The Hall–Kier alpha value is -1.36. The van der Waals surface area contributed by atoms with Gasteiger partial charge in [0, 0.05) is 10.3 Å². The van der Waals surface area contributed by atoms with Gasteiger partial charge < -0.3 is 14.8 Å². The van der Waals surface area contributed by atoms with Gasteiger partial charge >= 0.3 is 0 Å². The molecule has 118 valence electrons. The summed E-state index contributed by atoms with van der Waals surface area (Å²) in [6, 6.07) is 5.44. The highest BCUT2D eigenvalue weighted by Gasteiger charge is 2.17. The molecular formula is C16H25NO3S.